The largest absolute Gasteiger partial charge is 0.0613 e. The lowest BCUT2D eigenvalue weighted by atomic mass is 9.62. The van der Waals surface area contributed by atoms with E-state index >= 15 is 0 Å². The van der Waals surface area contributed by atoms with Crippen molar-refractivity contribution in [2.24, 2.45) is 11.8 Å². The maximum atomic E-state index is 2.54. The molecule has 0 bridgehead atoms. The highest BCUT2D eigenvalue weighted by Crippen LogP contribution is 2.48. The molecule has 0 nitrogen and oxygen atoms in total. The topological polar surface area (TPSA) is 0 Å². The van der Waals surface area contributed by atoms with E-state index in [2.05, 4.69) is 33.8 Å². The van der Waals surface area contributed by atoms with Gasteiger partial charge in [0.2, 0.25) is 0 Å². The Balaban J connectivity index is 2.09. The highest BCUT2D eigenvalue weighted by Gasteiger charge is 2.36. The van der Waals surface area contributed by atoms with Gasteiger partial charge in [-0.25, -0.2) is 0 Å². The van der Waals surface area contributed by atoms with Crippen molar-refractivity contribution in [2.45, 2.75) is 72.1 Å². The van der Waals surface area contributed by atoms with Crippen LogP contribution in [0, 0.1) is 25.7 Å². The normalized spacial score (nSPS) is 29.8. The van der Waals surface area contributed by atoms with Crippen LogP contribution < -0.4 is 0 Å². The Morgan fingerprint density at radius 2 is 1.84 bits per heavy atom. The SMILES string of the molecule is CCc1cc2c(c(C)c1C)C(C)[C@@H]1CCCC[C@@H]1C2. The van der Waals surface area contributed by atoms with Crippen LogP contribution in [0.15, 0.2) is 6.07 Å². The number of hydrogen-bond donors (Lipinski definition) is 0. The second kappa shape index (κ2) is 4.96. The number of aryl methyl sites for hydroxylation is 1. The molecular formula is C19H28. The Bertz CT molecular complexity index is 483. The average Bonchev–Trinajstić information content (AvgIpc) is 2.42. The highest BCUT2D eigenvalue weighted by atomic mass is 14.4. The third-order valence-electron chi connectivity index (χ3n) is 6.07. The van der Waals surface area contributed by atoms with Crippen LogP contribution in [0.5, 0.6) is 0 Å². The summed E-state index contributed by atoms with van der Waals surface area (Å²) in [6, 6.07) is 2.54. The summed E-state index contributed by atoms with van der Waals surface area (Å²) in [4.78, 5) is 0. The van der Waals surface area contributed by atoms with Gasteiger partial charge in [-0.2, -0.15) is 0 Å². The first-order valence-corrected chi connectivity index (χ1v) is 8.25. The van der Waals surface area contributed by atoms with Crippen LogP contribution in [0.4, 0.5) is 0 Å². The van der Waals surface area contributed by atoms with Crippen molar-refractivity contribution in [3.05, 3.63) is 33.9 Å². The van der Waals surface area contributed by atoms with Crippen LogP contribution in [0.25, 0.3) is 0 Å². The van der Waals surface area contributed by atoms with Crippen molar-refractivity contribution in [1.82, 2.24) is 0 Å². The van der Waals surface area contributed by atoms with Crippen molar-refractivity contribution in [1.29, 1.82) is 0 Å². The summed E-state index contributed by atoms with van der Waals surface area (Å²) in [6.45, 7) is 9.49. The lowest BCUT2D eigenvalue weighted by Crippen LogP contribution is -2.32. The Morgan fingerprint density at radius 3 is 2.58 bits per heavy atom. The molecule has 0 heterocycles. The highest BCUT2D eigenvalue weighted by molar-refractivity contribution is 5.48. The Morgan fingerprint density at radius 1 is 1.11 bits per heavy atom. The predicted octanol–water partition coefficient (Wildman–Crippen LogP) is 5.33. The molecular weight excluding hydrogens is 228 g/mol. The van der Waals surface area contributed by atoms with Gasteiger partial charge in [0.1, 0.15) is 0 Å². The molecule has 0 heteroatoms. The molecule has 2 aliphatic carbocycles. The van der Waals surface area contributed by atoms with Crippen LogP contribution in [-0.2, 0) is 12.8 Å². The van der Waals surface area contributed by atoms with Crippen molar-refractivity contribution in [3.8, 4) is 0 Å². The maximum Gasteiger partial charge on any atom is -0.0154 e. The van der Waals surface area contributed by atoms with E-state index in [9.17, 15) is 0 Å². The third kappa shape index (κ3) is 2.04. The molecule has 1 aromatic carbocycles. The predicted molar refractivity (Wildman–Crippen MR) is 82.9 cm³/mol. The van der Waals surface area contributed by atoms with Crippen molar-refractivity contribution >= 4 is 0 Å². The van der Waals surface area contributed by atoms with Gasteiger partial charge in [-0.05, 0) is 85.1 Å². The molecule has 1 saturated carbocycles. The first kappa shape index (κ1) is 13.2. The van der Waals surface area contributed by atoms with Crippen LogP contribution in [0.1, 0.15) is 73.3 Å². The van der Waals surface area contributed by atoms with Gasteiger partial charge in [0, 0.05) is 0 Å². The smallest absolute Gasteiger partial charge is 0.0154 e. The third-order valence-corrected chi connectivity index (χ3v) is 6.07. The summed E-state index contributed by atoms with van der Waals surface area (Å²) >= 11 is 0. The zero-order valence-electron chi connectivity index (χ0n) is 13.1. The molecule has 0 amide bonds. The molecule has 1 aromatic rings. The van der Waals surface area contributed by atoms with E-state index in [0.717, 1.165) is 17.8 Å². The first-order valence-electron chi connectivity index (χ1n) is 8.25. The molecule has 104 valence electrons. The molecule has 1 fully saturated rings. The summed E-state index contributed by atoms with van der Waals surface area (Å²) in [5.74, 6) is 2.73. The summed E-state index contributed by atoms with van der Waals surface area (Å²) < 4.78 is 0. The average molecular weight is 256 g/mol. The molecule has 1 unspecified atom stereocenters. The summed E-state index contributed by atoms with van der Waals surface area (Å²) in [5, 5.41) is 0. The van der Waals surface area contributed by atoms with Gasteiger partial charge >= 0.3 is 0 Å². The Hall–Kier alpha value is -0.780. The van der Waals surface area contributed by atoms with Gasteiger partial charge in [0.15, 0.2) is 0 Å². The molecule has 3 rings (SSSR count). The number of fused-ring (bicyclic) bond motifs is 2. The second-order valence-corrected chi connectivity index (χ2v) is 6.91. The molecule has 0 aliphatic heterocycles. The Kier molecular flexibility index (Phi) is 3.45. The van der Waals surface area contributed by atoms with Crippen LogP contribution in [0.2, 0.25) is 0 Å². The van der Waals surface area contributed by atoms with E-state index in [-0.39, 0.29) is 0 Å². The zero-order valence-corrected chi connectivity index (χ0v) is 13.1. The van der Waals surface area contributed by atoms with Crippen molar-refractivity contribution in [3.63, 3.8) is 0 Å². The van der Waals surface area contributed by atoms with E-state index in [1.54, 1.807) is 27.8 Å². The fourth-order valence-electron chi connectivity index (χ4n) is 4.89. The minimum Gasteiger partial charge on any atom is -0.0613 e. The lowest BCUT2D eigenvalue weighted by molar-refractivity contribution is 0.190. The molecule has 3 atom stereocenters. The molecule has 0 N–H and O–H groups in total. The van der Waals surface area contributed by atoms with E-state index < -0.39 is 0 Å². The van der Waals surface area contributed by atoms with E-state index in [4.69, 9.17) is 0 Å². The molecule has 0 spiro atoms. The quantitative estimate of drug-likeness (QED) is 0.637. The second-order valence-electron chi connectivity index (χ2n) is 6.91. The van der Waals surface area contributed by atoms with Gasteiger partial charge in [-0.3, -0.25) is 0 Å². The van der Waals surface area contributed by atoms with E-state index in [1.165, 1.54) is 38.5 Å². The minimum atomic E-state index is 0.790. The van der Waals surface area contributed by atoms with Crippen LogP contribution >= 0.6 is 0 Å². The number of hydrogen-bond acceptors (Lipinski definition) is 0. The minimum absolute atomic E-state index is 0.790. The number of rotatable bonds is 1. The summed E-state index contributed by atoms with van der Waals surface area (Å²) in [6.07, 6.45) is 8.42. The maximum absolute atomic E-state index is 2.54. The summed E-state index contributed by atoms with van der Waals surface area (Å²) in [7, 11) is 0. The van der Waals surface area contributed by atoms with Gasteiger partial charge in [0.25, 0.3) is 0 Å². The fraction of sp³-hybridized carbons (Fsp3) is 0.684. The van der Waals surface area contributed by atoms with E-state index in [1.807, 2.05) is 0 Å². The number of benzene rings is 1. The first-order chi connectivity index (χ1) is 9.13. The Labute approximate surface area is 118 Å². The van der Waals surface area contributed by atoms with Gasteiger partial charge in [0.05, 0.1) is 0 Å². The molecule has 19 heavy (non-hydrogen) atoms. The van der Waals surface area contributed by atoms with Crippen LogP contribution in [-0.4, -0.2) is 0 Å². The molecule has 0 saturated heterocycles. The van der Waals surface area contributed by atoms with Gasteiger partial charge in [-0.15, -0.1) is 0 Å². The lowest BCUT2D eigenvalue weighted by Gasteiger charge is -2.42. The molecule has 2 aliphatic rings. The zero-order chi connectivity index (χ0) is 13.6. The van der Waals surface area contributed by atoms with Crippen molar-refractivity contribution < 1.29 is 0 Å². The molecule has 0 radical (unpaired) electrons. The molecule has 0 aromatic heterocycles. The van der Waals surface area contributed by atoms with Crippen molar-refractivity contribution in [2.75, 3.05) is 0 Å². The standard InChI is InChI=1S/C19H28/c1-5-15-10-17-11-16-8-6-7-9-18(16)14(4)19(17)13(3)12(15)2/h10,14,16,18H,5-9,11H2,1-4H3/t14?,16-,18+/m1/s1. The van der Waals surface area contributed by atoms with Gasteiger partial charge < -0.3 is 0 Å². The van der Waals surface area contributed by atoms with E-state index in [0.29, 0.717) is 0 Å². The summed E-state index contributed by atoms with van der Waals surface area (Å²) in [5.41, 5.74) is 8.15. The van der Waals surface area contributed by atoms with Crippen LogP contribution in [0.3, 0.4) is 0 Å². The fourth-order valence-corrected chi connectivity index (χ4v) is 4.89. The van der Waals surface area contributed by atoms with Gasteiger partial charge in [-0.1, -0.05) is 32.8 Å². The monoisotopic (exact) mass is 256 g/mol.